The maximum atomic E-state index is 13.3. The number of hydrazone groups is 1. The van der Waals surface area contributed by atoms with Crippen LogP contribution in [0.5, 0.6) is 0 Å². The fourth-order valence-electron chi connectivity index (χ4n) is 2.81. The van der Waals surface area contributed by atoms with Gasteiger partial charge in [-0.3, -0.25) is 4.79 Å². The van der Waals surface area contributed by atoms with Gasteiger partial charge in [-0.1, -0.05) is 25.1 Å². The van der Waals surface area contributed by atoms with Gasteiger partial charge in [-0.25, -0.2) is 14.2 Å². The molecule has 0 fully saturated rings. The van der Waals surface area contributed by atoms with E-state index in [4.69, 9.17) is 0 Å². The van der Waals surface area contributed by atoms with Gasteiger partial charge in [0.2, 0.25) is 0 Å². The van der Waals surface area contributed by atoms with Gasteiger partial charge in [-0.2, -0.15) is 5.10 Å². The van der Waals surface area contributed by atoms with Crippen LogP contribution in [0.3, 0.4) is 0 Å². The van der Waals surface area contributed by atoms with Gasteiger partial charge in [0.25, 0.3) is 5.91 Å². The number of hydrogen-bond donors (Lipinski definition) is 2. The minimum Gasteiger partial charge on any atom is -0.338 e. The minimum absolute atomic E-state index is 0.158. The molecule has 0 radical (unpaired) electrons. The van der Waals surface area contributed by atoms with Crippen molar-refractivity contribution in [3.05, 3.63) is 58.0 Å². The first-order valence-electron chi connectivity index (χ1n) is 8.79. The molecule has 2 N–H and O–H groups in total. The molecule has 1 aromatic heterocycles. The monoisotopic (exact) mass is 388 g/mol. The zero-order valence-corrected chi connectivity index (χ0v) is 15.8. The van der Waals surface area contributed by atoms with Crippen LogP contribution in [0.25, 0.3) is 0 Å². The van der Waals surface area contributed by atoms with Gasteiger partial charge in [0.15, 0.2) is 0 Å². The van der Waals surface area contributed by atoms with E-state index in [-0.39, 0.29) is 30.3 Å². The van der Waals surface area contributed by atoms with Crippen molar-refractivity contribution in [3.63, 3.8) is 0 Å². The van der Waals surface area contributed by atoms with E-state index in [9.17, 15) is 14.0 Å². The summed E-state index contributed by atoms with van der Waals surface area (Å²) < 4.78 is 13.3. The Hall–Kier alpha value is -2.74. The third kappa shape index (κ3) is 4.71. The molecule has 2 aromatic rings. The molecule has 27 heavy (non-hydrogen) atoms. The third-order valence-electron chi connectivity index (χ3n) is 4.16. The Morgan fingerprint density at radius 2 is 2.04 bits per heavy atom. The summed E-state index contributed by atoms with van der Waals surface area (Å²) in [6.07, 6.45) is 1.36. The predicted octanol–water partition coefficient (Wildman–Crippen LogP) is 3.27. The second-order valence-corrected chi connectivity index (χ2v) is 7.09. The van der Waals surface area contributed by atoms with Crippen molar-refractivity contribution in [2.75, 3.05) is 13.1 Å². The summed E-state index contributed by atoms with van der Waals surface area (Å²) >= 11 is 1.55. The molecule has 3 amide bonds. The Morgan fingerprint density at radius 1 is 1.26 bits per heavy atom. The SMILES string of the molecule is CCCNC(=O)NCC(=O)N1N=C(c2cccs2)CC1c1ccc(F)cc1. The average Bonchev–Trinajstić information content (AvgIpc) is 3.34. The first-order chi connectivity index (χ1) is 13.1. The standard InChI is InChI=1S/C19H21FN4O2S/c1-2-9-21-19(26)22-12-18(25)24-16(13-5-7-14(20)8-6-13)11-15(23-24)17-4-3-10-27-17/h3-8,10,16H,2,9,11-12H2,1H3,(H2,21,22,26). The number of urea groups is 1. The van der Waals surface area contributed by atoms with Gasteiger partial charge < -0.3 is 10.6 Å². The summed E-state index contributed by atoms with van der Waals surface area (Å²) in [7, 11) is 0. The molecule has 1 aliphatic rings. The molecule has 8 heteroatoms. The van der Waals surface area contributed by atoms with E-state index in [1.54, 1.807) is 23.5 Å². The fraction of sp³-hybridized carbons (Fsp3) is 0.316. The lowest BCUT2D eigenvalue weighted by Crippen LogP contribution is -2.42. The van der Waals surface area contributed by atoms with Crippen molar-refractivity contribution >= 4 is 29.0 Å². The lowest BCUT2D eigenvalue weighted by Gasteiger charge is -2.22. The third-order valence-corrected chi connectivity index (χ3v) is 5.08. The van der Waals surface area contributed by atoms with Gasteiger partial charge in [0.1, 0.15) is 12.4 Å². The van der Waals surface area contributed by atoms with Crippen LogP contribution in [0.4, 0.5) is 9.18 Å². The summed E-state index contributed by atoms with van der Waals surface area (Å²) in [6.45, 7) is 2.33. The molecule has 1 aromatic carbocycles. The summed E-state index contributed by atoms with van der Waals surface area (Å²) in [6, 6.07) is 9.24. The molecule has 1 aliphatic heterocycles. The molecule has 0 spiro atoms. The molecule has 142 valence electrons. The fourth-order valence-corrected chi connectivity index (χ4v) is 3.54. The largest absolute Gasteiger partial charge is 0.338 e. The zero-order chi connectivity index (χ0) is 19.2. The van der Waals surface area contributed by atoms with E-state index in [0.29, 0.717) is 13.0 Å². The number of nitrogens with one attached hydrogen (secondary N) is 2. The molecule has 1 unspecified atom stereocenters. The molecular formula is C19H21FN4O2S. The van der Waals surface area contributed by atoms with Crippen molar-refractivity contribution in [2.24, 2.45) is 5.10 Å². The van der Waals surface area contributed by atoms with Gasteiger partial charge in [-0.15, -0.1) is 11.3 Å². The van der Waals surface area contributed by atoms with Crippen molar-refractivity contribution in [1.82, 2.24) is 15.6 Å². The number of halogens is 1. The Morgan fingerprint density at radius 3 is 2.70 bits per heavy atom. The van der Waals surface area contributed by atoms with Crippen molar-refractivity contribution in [1.29, 1.82) is 0 Å². The van der Waals surface area contributed by atoms with E-state index in [0.717, 1.165) is 22.6 Å². The number of hydrogen-bond acceptors (Lipinski definition) is 4. The maximum Gasteiger partial charge on any atom is 0.315 e. The molecule has 0 saturated carbocycles. The summed E-state index contributed by atoms with van der Waals surface area (Å²) in [5, 5.41) is 13.1. The van der Waals surface area contributed by atoms with Crippen LogP contribution in [0.1, 0.15) is 36.2 Å². The van der Waals surface area contributed by atoms with Gasteiger partial charge in [0, 0.05) is 13.0 Å². The van der Waals surface area contributed by atoms with E-state index >= 15 is 0 Å². The Labute approximate surface area is 161 Å². The molecule has 6 nitrogen and oxygen atoms in total. The van der Waals surface area contributed by atoms with E-state index in [1.807, 2.05) is 24.4 Å². The normalized spacial score (nSPS) is 16.1. The minimum atomic E-state index is -0.384. The van der Waals surface area contributed by atoms with Gasteiger partial charge in [-0.05, 0) is 35.6 Å². The van der Waals surface area contributed by atoms with Gasteiger partial charge >= 0.3 is 6.03 Å². The molecule has 0 aliphatic carbocycles. The Balaban J connectivity index is 1.75. The number of nitrogens with zero attached hydrogens (tertiary/aromatic N) is 2. The predicted molar refractivity (Wildman–Crippen MR) is 103 cm³/mol. The topological polar surface area (TPSA) is 73.8 Å². The van der Waals surface area contributed by atoms with Crippen LogP contribution in [0.2, 0.25) is 0 Å². The first kappa shape index (κ1) is 19.0. The number of thiophene rings is 1. The van der Waals surface area contributed by atoms with Crippen molar-refractivity contribution in [2.45, 2.75) is 25.8 Å². The summed E-state index contributed by atoms with van der Waals surface area (Å²) in [4.78, 5) is 25.4. The number of carbonyl (C=O) groups is 2. The number of benzene rings is 1. The number of rotatable bonds is 6. The highest BCUT2D eigenvalue weighted by molar-refractivity contribution is 7.12. The van der Waals surface area contributed by atoms with Crippen LogP contribution in [0.15, 0.2) is 46.9 Å². The molecule has 0 bridgehead atoms. The second-order valence-electron chi connectivity index (χ2n) is 6.14. The highest BCUT2D eigenvalue weighted by Crippen LogP contribution is 2.33. The van der Waals surface area contributed by atoms with E-state index < -0.39 is 0 Å². The second kappa shape index (κ2) is 8.77. The molecule has 1 atom stereocenters. The number of carbonyl (C=O) groups excluding carboxylic acids is 2. The van der Waals surface area contributed by atoms with E-state index in [1.165, 1.54) is 17.1 Å². The quantitative estimate of drug-likeness (QED) is 0.797. The van der Waals surface area contributed by atoms with Crippen molar-refractivity contribution < 1.29 is 14.0 Å². The molecule has 3 rings (SSSR count). The molecular weight excluding hydrogens is 367 g/mol. The van der Waals surface area contributed by atoms with Gasteiger partial charge in [0.05, 0.1) is 16.6 Å². The smallest absolute Gasteiger partial charge is 0.315 e. The van der Waals surface area contributed by atoms with Crippen LogP contribution < -0.4 is 10.6 Å². The highest BCUT2D eigenvalue weighted by atomic mass is 32.1. The molecule has 0 saturated heterocycles. The highest BCUT2D eigenvalue weighted by Gasteiger charge is 2.33. The lowest BCUT2D eigenvalue weighted by atomic mass is 10.0. The zero-order valence-electron chi connectivity index (χ0n) is 14.9. The van der Waals surface area contributed by atoms with Crippen LogP contribution in [0, 0.1) is 5.82 Å². The van der Waals surface area contributed by atoms with Crippen LogP contribution >= 0.6 is 11.3 Å². The maximum absolute atomic E-state index is 13.3. The van der Waals surface area contributed by atoms with Crippen molar-refractivity contribution in [3.8, 4) is 0 Å². The summed E-state index contributed by atoms with van der Waals surface area (Å²) in [5.74, 6) is -0.647. The average molecular weight is 388 g/mol. The summed E-state index contributed by atoms with van der Waals surface area (Å²) in [5.41, 5.74) is 1.61. The van der Waals surface area contributed by atoms with Crippen LogP contribution in [-0.2, 0) is 4.79 Å². The molecule has 2 heterocycles. The van der Waals surface area contributed by atoms with Crippen LogP contribution in [-0.4, -0.2) is 35.7 Å². The Kier molecular flexibility index (Phi) is 6.18. The number of amides is 3. The van der Waals surface area contributed by atoms with E-state index in [2.05, 4.69) is 15.7 Å². The Bertz CT molecular complexity index is 821. The first-order valence-corrected chi connectivity index (χ1v) is 9.67. The lowest BCUT2D eigenvalue weighted by molar-refractivity contribution is -0.131.